The summed E-state index contributed by atoms with van der Waals surface area (Å²) in [5, 5.41) is 9.27. The van der Waals surface area contributed by atoms with Gasteiger partial charge in [0.15, 0.2) is 22.5 Å². The van der Waals surface area contributed by atoms with E-state index in [1.807, 2.05) is 22.8 Å². The first-order valence-electron chi connectivity index (χ1n) is 8.35. The molecule has 0 bridgehead atoms. The van der Waals surface area contributed by atoms with E-state index in [-0.39, 0.29) is 18.2 Å². The van der Waals surface area contributed by atoms with E-state index in [1.54, 1.807) is 36.0 Å². The minimum Gasteiger partial charge on any atom is -0.483 e. The summed E-state index contributed by atoms with van der Waals surface area (Å²) in [6.07, 6.45) is 2.74. The van der Waals surface area contributed by atoms with Crippen molar-refractivity contribution in [3.05, 3.63) is 84.5 Å². The Morgan fingerprint density at radius 1 is 1.08 bits per heavy atom. The third-order valence-corrected chi connectivity index (χ3v) is 4.73. The quantitative estimate of drug-likeness (QED) is 0.411. The lowest BCUT2D eigenvalue weighted by Crippen LogP contribution is -2.08. The van der Waals surface area contributed by atoms with Crippen LogP contribution < -0.4 is 4.74 Å². The van der Waals surface area contributed by atoms with Gasteiger partial charge in [0, 0.05) is 12.3 Å². The summed E-state index contributed by atoms with van der Waals surface area (Å²) in [5.74, 6) is 1.36. The van der Waals surface area contributed by atoms with Gasteiger partial charge >= 0.3 is 0 Å². The third kappa shape index (κ3) is 4.73. The predicted octanol–water partition coefficient (Wildman–Crippen LogP) is 4.52. The van der Waals surface area contributed by atoms with Crippen molar-refractivity contribution >= 4 is 11.8 Å². The minimum absolute atomic E-state index is 0.154. The number of hydrogen-bond acceptors (Lipinski definition) is 4. The van der Waals surface area contributed by atoms with Crippen molar-refractivity contribution in [1.82, 2.24) is 14.8 Å². The summed E-state index contributed by atoms with van der Waals surface area (Å²) in [5.41, 5.74) is 1.29. The molecule has 0 aliphatic rings. The molecule has 0 fully saturated rings. The maximum absolute atomic E-state index is 13.7. The first-order chi connectivity index (χ1) is 12.8. The van der Waals surface area contributed by atoms with Crippen LogP contribution in [0.4, 0.5) is 4.39 Å². The van der Waals surface area contributed by atoms with Gasteiger partial charge in [-0.2, -0.15) is 0 Å². The van der Waals surface area contributed by atoms with Crippen LogP contribution in [0.3, 0.4) is 0 Å². The number of hydrogen-bond donors (Lipinski definition) is 0. The summed E-state index contributed by atoms with van der Waals surface area (Å²) in [7, 11) is 0. The molecule has 1 heterocycles. The van der Waals surface area contributed by atoms with Crippen LogP contribution in [0.15, 0.2) is 72.4 Å². The second-order valence-electron chi connectivity index (χ2n) is 5.60. The van der Waals surface area contributed by atoms with Crippen LogP contribution in [0.2, 0.25) is 0 Å². The highest BCUT2D eigenvalue weighted by molar-refractivity contribution is 7.99. The molecular weight excluding hydrogens is 349 g/mol. The maximum Gasteiger partial charge on any atom is 0.191 e. The van der Waals surface area contributed by atoms with E-state index in [0.29, 0.717) is 12.4 Å². The van der Waals surface area contributed by atoms with Gasteiger partial charge in [0.05, 0.1) is 0 Å². The number of ether oxygens (including phenoxy) is 1. The van der Waals surface area contributed by atoms with Crippen LogP contribution in [0, 0.1) is 5.82 Å². The van der Waals surface area contributed by atoms with Gasteiger partial charge in [0.2, 0.25) is 0 Å². The fraction of sp³-hybridized carbons (Fsp3) is 0.200. The number of halogens is 1. The Labute approximate surface area is 156 Å². The molecule has 26 heavy (non-hydrogen) atoms. The van der Waals surface area contributed by atoms with Crippen molar-refractivity contribution in [2.45, 2.75) is 24.7 Å². The zero-order chi connectivity index (χ0) is 18.2. The molecule has 134 valence electrons. The van der Waals surface area contributed by atoms with Gasteiger partial charge in [0.25, 0.3) is 0 Å². The summed E-state index contributed by atoms with van der Waals surface area (Å²) in [6, 6.07) is 16.6. The van der Waals surface area contributed by atoms with Gasteiger partial charge in [-0.05, 0) is 24.1 Å². The Morgan fingerprint density at radius 2 is 1.85 bits per heavy atom. The fourth-order valence-electron chi connectivity index (χ4n) is 2.45. The molecule has 6 heteroatoms. The van der Waals surface area contributed by atoms with Crippen molar-refractivity contribution in [1.29, 1.82) is 0 Å². The van der Waals surface area contributed by atoms with Gasteiger partial charge in [-0.1, -0.05) is 60.3 Å². The molecule has 0 saturated heterocycles. The molecule has 4 nitrogen and oxygen atoms in total. The first-order valence-corrected chi connectivity index (χ1v) is 9.33. The molecule has 0 amide bonds. The van der Waals surface area contributed by atoms with Crippen LogP contribution in [0.25, 0.3) is 0 Å². The number of benzene rings is 2. The van der Waals surface area contributed by atoms with Crippen LogP contribution in [0.5, 0.6) is 5.75 Å². The van der Waals surface area contributed by atoms with E-state index >= 15 is 0 Å². The maximum atomic E-state index is 13.7. The Hall–Kier alpha value is -2.60. The normalized spacial score (nSPS) is 10.7. The zero-order valence-corrected chi connectivity index (χ0v) is 15.2. The second kappa shape index (κ2) is 9.20. The average Bonchev–Trinajstić information content (AvgIpc) is 3.04. The first kappa shape index (κ1) is 18.2. The highest BCUT2D eigenvalue weighted by Gasteiger charge is 2.13. The average molecular weight is 369 g/mol. The molecule has 0 N–H and O–H groups in total. The lowest BCUT2D eigenvalue weighted by molar-refractivity contribution is 0.275. The molecule has 0 aliphatic heterocycles. The second-order valence-corrected chi connectivity index (χ2v) is 6.66. The topological polar surface area (TPSA) is 39.9 Å². The van der Waals surface area contributed by atoms with E-state index in [4.69, 9.17) is 4.74 Å². The molecule has 0 unspecified atom stereocenters. The van der Waals surface area contributed by atoms with E-state index in [2.05, 4.69) is 28.9 Å². The summed E-state index contributed by atoms with van der Waals surface area (Å²) < 4.78 is 21.2. The van der Waals surface area contributed by atoms with E-state index in [9.17, 15) is 4.39 Å². The monoisotopic (exact) mass is 369 g/mol. The zero-order valence-electron chi connectivity index (χ0n) is 14.3. The lowest BCUT2D eigenvalue weighted by atomic mass is 10.2. The molecule has 0 aliphatic carbocycles. The third-order valence-electron chi connectivity index (χ3n) is 3.76. The van der Waals surface area contributed by atoms with Gasteiger partial charge in [-0.3, -0.25) is 4.57 Å². The van der Waals surface area contributed by atoms with Crippen molar-refractivity contribution in [3.8, 4) is 5.75 Å². The van der Waals surface area contributed by atoms with E-state index < -0.39 is 0 Å². The lowest BCUT2D eigenvalue weighted by Gasteiger charge is -2.09. The van der Waals surface area contributed by atoms with Crippen molar-refractivity contribution in [2.75, 3.05) is 5.75 Å². The molecular formula is C20H20FN3OS. The number of nitrogens with zero attached hydrogens (tertiary/aromatic N) is 3. The van der Waals surface area contributed by atoms with Crippen molar-refractivity contribution in [2.24, 2.45) is 0 Å². The van der Waals surface area contributed by atoms with Gasteiger partial charge in [-0.25, -0.2) is 4.39 Å². The van der Waals surface area contributed by atoms with Crippen LogP contribution >= 0.6 is 11.8 Å². The minimum atomic E-state index is -0.389. The number of allylic oxidation sites excluding steroid dienone is 1. The summed E-state index contributed by atoms with van der Waals surface area (Å²) in [6.45, 7) is 4.53. The Bertz CT molecular complexity index is 851. The molecule has 0 radical (unpaired) electrons. The summed E-state index contributed by atoms with van der Waals surface area (Å²) >= 11 is 1.64. The van der Waals surface area contributed by atoms with E-state index in [0.717, 1.165) is 17.3 Å². The highest BCUT2D eigenvalue weighted by atomic mass is 32.2. The standard InChI is InChI=1S/C20H20FN3OS/c1-2-13-24-19(15-25-18-11-7-6-10-17(18)21)22-23-20(24)26-14-12-16-8-4-3-5-9-16/h2-11H,1,12-15H2. The molecule has 0 saturated carbocycles. The van der Waals surface area contributed by atoms with E-state index in [1.165, 1.54) is 11.6 Å². The molecule has 3 rings (SSSR count). The van der Waals surface area contributed by atoms with Crippen LogP contribution in [-0.4, -0.2) is 20.5 Å². The largest absolute Gasteiger partial charge is 0.483 e. The highest BCUT2D eigenvalue weighted by Crippen LogP contribution is 2.21. The molecule has 0 spiro atoms. The number of aryl methyl sites for hydroxylation is 1. The SMILES string of the molecule is C=CCn1c(COc2ccccc2F)nnc1SCCc1ccccc1. The number of thioether (sulfide) groups is 1. The van der Waals surface area contributed by atoms with Crippen LogP contribution in [0.1, 0.15) is 11.4 Å². The Morgan fingerprint density at radius 3 is 2.62 bits per heavy atom. The number of para-hydroxylation sites is 1. The predicted molar refractivity (Wildman–Crippen MR) is 102 cm³/mol. The Kier molecular flexibility index (Phi) is 6.44. The molecule has 0 atom stereocenters. The van der Waals surface area contributed by atoms with Crippen molar-refractivity contribution in [3.63, 3.8) is 0 Å². The van der Waals surface area contributed by atoms with Gasteiger partial charge < -0.3 is 4.74 Å². The summed E-state index contributed by atoms with van der Waals surface area (Å²) in [4.78, 5) is 0. The van der Waals surface area contributed by atoms with Crippen LogP contribution in [-0.2, 0) is 19.6 Å². The van der Waals surface area contributed by atoms with Gasteiger partial charge in [0.1, 0.15) is 6.61 Å². The molecule has 3 aromatic rings. The Balaban J connectivity index is 1.63. The van der Waals surface area contributed by atoms with Crippen molar-refractivity contribution < 1.29 is 9.13 Å². The molecule has 1 aromatic heterocycles. The molecule has 2 aromatic carbocycles. The fourth-order valence-corrected chi connectivity index (χ4v) is 3.41. The number of aromatic nitrogens is 3. The smallest absolute Gasteiger partial charge is 0.191 e. The van der Waals surface area contributed by atoms with Gasteiger partial charge in [-0.15, -0.1) is 16.8 Å². The number of rotatable bonds is 9.